The van der Waals surface area contributed by atoms with Gasteiger partial charge in [-0.2, -0.15) is 0 Å². The average Bonchev–Trinajstić information content (AvgIpc) is 2.64. The fraction of sp³-hybridized carbons (Fsp3) is 0.227. The molecule has 0 saturated heterocycles. The van der Waals surface area contributed by atoms with Crippen LogP contribution in [-0.4, -0.2) is 15.9 Å². The smallest absolute Gasteiger partial charge is 0.258 e. The minimum atomic E-state index is -0.228. The van der Waals surface area contributed by atoms with Gasteiger partial charge >= 0.3 is 0 Å². The Bertz CT molecular complexity index is 926. The standard InChI is InChI=1S/C22H24N4O/c1-15-9-11-17(12-10-15)25-21-23-13-16(14-24-21)20(27)26-19-8-6-5-7-18(19)22(2,3)4/h5-14H,1-4H3,(H,26,27)(H,23,24,25). The number of hydrogen-bond acceptors (Lipinski definition) is 4. The van der Waals surface area contributed by atoms with E-state index in [0.717, 1.165) is 16.9 Å². The fourth-order valence-electron chi connectivity index (χ4n) is 2.72. The molecule has 2 aromatic carbocycles. The highest BCUT2D eigenvalue weighted by atomic mass is 16.1. The third kappa shape index (κ3) is 4.70. The summed E-state index contributed by atoms with van der Waals surface area (Å²) in [5, 5.41) is 6.09. The molecule has 0 bridgehead atoms. The summed E-state index contributed by atoms with van der Waals surface area (Å²) in [6.45, 7) is 8.39. The first-order valence-electron chi connectivity index (χ1n) is 8.89. The molecule has 0 unspecified atom stereocenters. The first-order chi connectivity index (χ1) is 12.8. The van der Waals surface area contributed by atoms with Crippen molar-refractivity contribution in [3.8, 4) is 0 Å². The normalized spacial score (nSPS) is 11.1. The molecule has 1 heterocycles. The molecule has 3 aromatic rings. The molecule has 3 rings (SSSR count). The minimum absolute atomic E-state index is 0.0673. The maximum atomic E-state index is 12.6. The van der Waals surface area contributed by atoms with Gasteiger partial charge in [0.05, 0.1) is 5.56 Å². The predicted molar refractivity (Wildman–Crippen MR) is 110 cm³/mol. The van der Waals surface area contributed by atoms with Crippen molar-refractivity contribution in [3.05, 3.63) is 77.6 Å². The van der Waals surface area contributed by atoms with Gasteiger partial charge in [-0.1, -0.05) is 56.7 Å². The first-order valence-corrected chi connectivity index (χ1v) is 8.89. The highest BCUT2D eigenvalue weighted by Gasteiger charge is 2.19. The number of aromatic nitrogens is 2. The van der Waals surface area contributed by atoms with Crippen molar-refractivity contribution >= 4 is 23.2 Å². The third-order valence-electron chi connectivity index (χ3n) is 4.21. The summed E-state index contributed by atoms with van der Waals surface area (Å²) in [6, 6.07) is 15.8. The molecule has 5 nitrogen and oxygen atoms in total. The zero-order valence-electron chi connectivity index (χ0n) is 16.1. The van der Waals surface area contributed by atoms with Crippen molar-refractivity contribution < 1.29 is 4.79 Å². The van der Waals surface area contributed by atoms with Gasteiger partial charge < -0.3 is 10.6 Å². The van der Waals surface area contributed by atoms with Gasteiger partial charge in [0.2, 0.25) is 5.95 Å². The number of rotatable bonds is 4. The molecular weight excluding hydrogens is 336 g/mol. The molecule has 0 aliphatic heterocycles. The van der Waals surface area contributed by atoms with Crippen molar-refractivity contribution in [1.82, 2.24) is 9.97 Å². The number of carbonyl (C=O) groups is 1. The van der Waals surface area contributed by atoms with E-state index in [-0.39, 0.29) is 11.3 Å². The lowest BCUT2D eigenvalue weighted by molar-refractivity contribution is 0.102. The monoisotopic (exact) mass is 360 g/mol. The molecule has 1 amide bonds. The number of hydrogen-bond donors (Lipinski definition) is 2. The maximum absolute atomic E-state index is 12.6. The summed E-state index contributed by atoms with van der Waals surface area (Å²) >= 11 is 0. The summed E-state index contributed by atoms with van der Waals surface area (Å²) in [5.41, 5.74) is 4.31. The van der Waals surface area contributed by atoms with E-state index in [0.29, 0.717) is 11.5 Å². The van der Waals surface area contributed by atoms with Crippen LogP contribution in [0.2, 0.25) is 0 Å². The summed E-state index contributed by atoms with van der Waals surface area (Å²) in [4.78, 5) is 21.1. The van der Waals surface area contributed by atoms with Crippen LogP contribution in [0.15, 0.2) is 60.9 Å². The fourth-order valence-corrected chi connectivity index (χ4v) is 2.72. The van der Waals surface area contributed by atoms with Crippen molar-refractivity contribution in [2.75, 3.05) is 10.6 Å². The number of carbonyl (C=O) groups excluding carboxylic acids is 1. The predicted octanol–water partition coefficient (Wildman–Crippen LogP) is 5.08. The van der Waals surface area contributed by atoms with Crippen molar-refractivity contribution in [3.63, 3.8) is 0 Å². The van der Waals surface area contributed by atoms with E-state index in [9.17, 15) is 4.79 Å². The van der Waals surface area contributed by atoms with Crippen LogP contribution in [0, 0.1) is 6.92 Å². The quantitative estimate of drug-likeness (QED) is 0.681. The van der Waals surface area contributed by atoms with Crippen LogP contribution in [0.1, 0.15) is 42.3 Å². The van der Waals surface area contributed by atoms with E-state index in [1.807, 2.05) is 55.5 Å². The van der Waals surface area contributed by atoms with Crippen molar-refractivity contribution in [2.24, 2.45) is 0 Å². The van der Waals surface area contributed by atoms with E-state index in [2.05, 4.69) is 41.4 Å². The van der Waals surface area contributed by atoms with Gasteiger partial charge in [0.25, 0.3) is 5.91 Å². The molecule has 0 spiro atoms. The van der Waals surface area contributed by atoms with Crippen molar-refractivity contribution in [2.45, 2.75) is 33.1 Å². The summed E-state index contributed by atoms with van der Waals surface area (Å²) in [5.74, 6) is 0.221. The Labute approximate surface area is 159 Å². The Morgan fingerprint density at radius 1 is 0.926 bits per heavy atom. The van der Waals surface area contributed by atoms with E-state index >= 15 is 0 Å². The number of nitrogens with zero attached hydrogens (tertiary/aromatic N) is 2. The van der Waals surface area contributed by atoms with Crippen LogP contribution in [0.4, 0.5) is 17.3 Å². The zero-order chi connectivity index (χ0) is 19.4. The lowest BCUT2D eigenvalue weighted by Crippen LogP contribution is -2.19. The lowest BCUT2D eigenvalue weighted by Gasteiger charge is -2.22. The zero-order valence-corrected chi connectivity index (χ0v) is 16.1. The number of benzene rings is 2. The SMILES string of the molecule is Cc1ccc(Nc2ncc(C(=O)Nc3ccccc3C(C)(C)C)cn2)cc1. The molecule has 0 saturated carbocycles. The summed E-state index contributed by atoms with van der Waals surface area (Å²) in [6.07, 6.45) is 3.05. The van der Waals surface area contributed by atoms with Crippen LogP contribution in [-0.2, 0) is 5.41 Å². The lowest BCUT2D eigenvalue weighted by atomic mass is 9.86. The van der Waals surface area contributed by atoms with Gasteiger partial charge in [0.1, 0.15) is 0 Å². The van der Waals surface area contributed by atoms with Crippen LogP contribution in [0.5, 0.6) is 0 Å². The molecule has 2 N–H and O–H groups in total. The van der Waals surface area contributed by atoms with Crippen molar-refractivity contribution in [1.29, 1.82) is 0 Å². The number of para-hydroxylation sites is 1. The first kappa shape index (κ1) is 18.6. The van der Waals surface area contributed by atoms with E-state index < -0.39 is 0 Å². The molecule has 0 atom stereocenters. The minimum Gasteiger partial charge on any atom is -0.324 e. The van der Waals surface area contributed by atoms with Crippen LogP contribution in [0.3, 0.4) is 0 Å². The Hall–Kier alpha value is -3.21. The highest BCUT2D eigenvalue weighted by Crippen LogP contribution is 2.29. The van der Waals surface area contributed by atoms with Crippen LogP contribution in [0.25, 0.3) is 0 Å². The van der Waals surface area contributed by atoms with Crippen LogP contribution >= 0.6 is 0 Å². The maximum Gasteiger partial charge on any atom is 0.258 e. The number of nitrogens with one attached hydrogen (secondary N) is 2. The number of anilines is 3. The number of amides is 1. The molecule has 0 fully saturated rings. The molecule has 1 aromatic heterocycles. The molecule has 0 radical (unpaired) electrons. The second kappa shape index (κ2) is 7.58. The van der Waals surface area contributed by atoms with Gasteiger partial charge in [0, 0.05) is 23.8 Å². The molecule has 27 heavy (non-hydrogen) atoms. The van der Waals surface area contributed by atoms with E-state index in [1.165, 1.54) is 18.0 Å². The van der Waals surface area contributed by atoms with Gasteiger partial charge in [-0.05, 0) is 36.1 Å². The highest BCUT2D eigenvalue weighted by molar-refractivity contribution is 6.04. The molecule has 138 valence electrons. The number of aryl methyl sites for hydroxylation is 1. The van der Waals surface area contributed by atoms with E-state index in [1.54, 1.807) is 0 Å². The third-order valence-corrected chi connectivity index (χ3v) is 4.21. The molecule has 0 aliphatic carbocycles. The van der Waals surface area contributed by atoms with Gasteiger partial charge in [-0.15, -0.1) is 0 Å². The second-order valence-electron chi connectivity index (χ2n) is 7.54. The Kier molecular flexibility index (Phi) is 5.21. The van der Waals surface area contributed by atoms with Crippen LogP contribution < -0.4 is 10.6 Å². The Morgan fingerprint density at radius 3 is 2.19 bits per heavy atom. The average molecular weight is 360 g/mol. The molecular formula is C22H24N4O. The Balaban J connectivity index is 1.72. The van der Waals surface area contributed by atoms with Gasteiger partial charge in [-0.3, -0.25) is 4.79 Å². The largest absolute Gasteiger partial charge is 0.324 e. The molecule has 5 heteroatoms. The molecule has 0 aliphatic rings. The second-order valence-corrected chi connectivity index (χ2v) is 7.54. The Morgan fingerprint density at radius 2 is 1.56 bits per heavy atom. The summed E-state index contributed by atoms with van der Waals surface area (Å²) < 4.78 is 0. The van der Waals surface area contributed by atoms with E-state index in [4.69, 9.17) is 0 Å². The van der Waals surface area contributed by atoms with Gasteiger partial charge in [-0.25, -0.2) is 9.97 Å². The topological polar surface area (TPSA) is 66.9 Å². The van der Waals surface area contributed by atoms with Gasteiger partial charge in [0.15, 0.2) is 0 Å². The summed E-state index contributed by atoms with van der Waals surface area (Å²) in [7, 11) is 0.